The van der Waals surface area contributed by atoms with Gasteiger partial charge in [-0.25, -0.2) is 4.98 Å². The van der Waals surface area contributed by atoms with Gasteiger partial charge in [0.2, 0.25) is 5.71 Å². The predicted octanol–water partition coefficient (Wildman–Crippen LogP) is 3.29. The highest BCUT2D eigenvalue weighted by Gasteiger charge is 2.07. The molecule has 14 heavy (non-hydrogen) atoms. The Kier molecular flexibility index (Phi) is 1.39. The Balaban J connectivity index is 2.63. The second kappa shape index (κ2) is 2.58. The smallest absolute Gasteiger partial charge is 0.227 e. The third-order valence-electron chi connectivity index (χ3n) is 2.47. The van der Waals surface area contributed by atoms with Crippen LogP contribution in [0.1, 0.15) is 5.56 Å². The van der Waals surface area contributed by atoms with E-state index < -0.39 is 0 Å². The van der Waals surface area contributed by atoms with Crippen LogP contribution in [0, 0.1) is 6.92 Å². The quantitative estimate of drug-likeness (QED) is 0.534. The monoisotopic (exact) mass is 183 g/mol. The van der Waals surface area contributed by atoms with Crippen molar-refractivity contribution in [2.24, 2.45) is 0 Å². The zero-order valence-corrected chi connectivity index (χ0v) is 7.82. The van der Waals surface area contributed by atoms with E-state index in [4.69, 9.17) is 4.42 Å². The van der Waals surface area contributed by atoms with Crippen LogP contribution < -0.4 is 0 Å². The Morgan fingerprint density at radius 2 is 1.93 bits per heavy atom. The molecule has 0 bridgehead atoms. The molecule has 2 heteroatoms. The van der Waals surface area contributed by atoms with E-state index in [-0.39, 0.29) is 0 Å². The van der Waals surface area contributed by atoms with Crippen LogP contribution in [0.15, 0.2) is 40.9 Å². The summed E-state index contributed by atoms with van der Waals surface area (Å²) in [5, 5.41) is 2.24. The summed E-state index contributed by atoms with van der Waals surface area (Å²) < 4.78 is 5.67. The number of furan rings is 1. The van der Waals surface area contributed by atoms with Gasteiger partial charge in [0.25, 0.3) is 0 Å². The van der Waals surface area contributed by atoms with Crippen molar-refractivity contribution in [1.82, 2.24) is 4.98 Å². The molecule has 0 spiro atoms. The average Bonchev–Trinajstić information content (AvgIpc) is 2.59. The summed E-state index contributed by atoms with van der Waals surface area (Å²) in [6.45, 7) is 2.05. The summed E-state index contributed by atoms with van der Waals surface area (Å²) in [4.78, 5) is 4.19. The van der Waals surface area contributed by atoms with Crippen molar-refractivity contribution in [3.8, 4) is 0 Å². The molecule has 2 aromatic heterocycles. The van der Waals surface area contributed by atoms with Gasteiger partial charge in [0.15, 0.2) is 0 Å². The van der Waals surface area contributed by atoms with Crippen molar-refractivity contribution in [1.29, 1.82) is 0 Å². The van der Waals surface area contributed by atoms with Crippen LogP contribution in [0.2, 0.25) is 0 Å². The van der Waals surface area contributed by atoms with Gasteiger partial charge in [0, 0.05) is 17.0 Å². The first-order valence-corrected chi connectivity index (χ1v) is 4.59. The Morgan fingerprint density at radius 3 is 2.86 bits per heavy atom. The minimum atomic E-state index is 0.719. The Morgan fingerprint density at radius 1 is 1.07 bits per heavy atom. The molecule has 1 aromatic carbocycles. The van der Waals surface area contributed by atoms with Crippen LogP contribution in [0.5, 0.6) is 0 Å². The van der Waals surface area contributed by atoms with E-state index in [9.17, 15) is 0 Å². The molecule has 68 valence electrons. The van der Waals surface area contributed by atoms with Gasteiger partial charge < -0.3 is 4.42 Å². The summed E-state index contributed by atoms with van der Waals surface area (Å²) >= 11 is 0. The summed E-state index contributed by atoms with van der Waals surface area (Å²) in [5.74, 6) is 0. The van der Waals surface area contributed by atoms with Crippen LogP contribution in [0.4, 0.5) is 0 Å². The maximum absolute atomic E-state index is 5.67. The topological polar surface area (TPSA) is 26.0 Å². The normalized spacial score (nSPS) is 11.2. The average molecular weight is 183 g/mol. The number of hydrogen-bond acceptors (Lipinski definition) is 2. The van der Waals surface area contributed by atoms with E-state index in [2.05, 4.69) is 11.1 Å². The lowest BCUT2D eigenvalue weighted by Crippen LogP contribution is -1.71. The number of fused-ring (bicyclic) bond motifs is 3. The maximum atomic E-state index is 5.67. The fraction of sp³-hybridized carbons (Fsp3) is 0.0833. The van der Waals surface area contributed by atoms with Crippen molar-refractivity contribution in [2.75, 3.05) is 0 Å². The predicted molar refractivity (Wildman–Crippen MR) is 56.3 cm³/mol. The first-order chi connectivity index (χ1) is 6.86. The summed E-state index contributed by atoms with van der Waals surface area (Å²) in [5.41, 5.74) is 2.82. The van der Waals surface area contributed by atoms with Crippen LogP contribution >= 0.6 is 0 Å². The first kappa shape index (κ1) is 7.56. The van der Waals surface area contributed by atoms with Gasteiger partial charge in [-0.15, -0.1) is 0 Å². The largest absolute Gasteiger partial charge is 0.437 e. The minimum Gasteiger partial charge on any atom is -0.437 e. The number of aromatic nitrogens is 1. The number of rotatable bonds is 0. The third kappa shape index (κ3) is 0.880. The second-order valence-corrected chi connectivity index (χ2v) is 3.41. The zero-order valence-electron chi connectivity index (χ0n) is 7.82. The van der Waals surface area contributed by atoms with E-state index in [0.29, 0.717) is 0 Å². The number of hydrogen-bond donors (Lipinski definition) is 0. The number of benzene rings is 1. The fourth-order valence-electron chi connectivity index (χ4n) is 1.77. The summed E-state index contributed by atoms with van der Waals surface area (Å²) in [6.07, 6.45) is 1.75. The van der Waals surface area contributed by atoms with Gasteiger partial charge in [-0.05, 0) is 24.6 Å². The number of aryl methyl sites for hydroxylation is 1. The molecule has 3 rings (SSSR count). The van der Waals surface area contributed by atoms with Crippen molar-refractivity contribution in [3.05, 3.63) is 42.1 Å². The van der Waals surface area contributed by atoms with E-state index in [1.807, 2.05) is 31.2 Å². The molecule has 3 aromatic rings. The summed E-state index contributed by atoms with van der Waals surface area (Å²) in [7, 11) is 0. The lowest BCUT2D eigenvalue weighted by Gasteiger charge is -1.91. The Hall–Kier alpha value is -1.83. The van der Waals surface area contributed by atoms with Crippen molar-refractivity contribution in [3.63, 3.8) is 0 Å². The lowest BCUT2D eigenvalue weighted by molar-refractivity contribution is 0.651. The number of nitrogens with zero attached hydrogens (tertiary/aromatic N) is 1. The molecule has 0 saturated heterocycles. The number of para-hydroxylation sites is 1. The fourth-order valence-corrected chi connectivity index (χ4v) is 1.77. The van der Waals surface area contributed by atoms with Crippen LogP contribution in [-0.4, -0.2) is 4.98 Å². The van der Waals surface area contributed by atoms with E-state index in [0.717, 1.165) is 27.6 Å². The zero-order chi connectivity index (χ0) is 9.54. The highest BCUT2D eigenvalue weighted by Crippen LogP contribution is 2.28. The SMILES string of the molecule is Cc1cccc2c1oc1ncccc12. The highest BCUT2D eigenvalue weighted by atomic mass is 16.3. The minimum absolute atomic E-state index is 0.719. The van der Waals surface area contributed by atoms with Gasteiger partial charge in [-0.2, -0.15) is 0 Å². The van der Waals surface area contributed by atoms with E-state index >= 15 is 0 Å². The molecule has 0 aliphatic heterocycles. The standard InChI is InChI=1S/C12H9NO/c1-8-4-2-5-9-10-6-3-7-13-12(10)14-11(8)9/h2-7H,1H3. The first-order valence-electron chi connectivity index (χ1n) is 4.59. The molecule has 0 aliphatic rings. The van der Waals surface area contributed by atoms with Crippen LogP contribution in [0.3, 0.4) is 0 Å². The molecule has 0 radical (unpaired) electrons. The molecule has 0 fully saturated rings. The molecule has 0 N–H and O–H groups in total. The Labute approximate surface area is 81.2 Å². The summed E-state index contributed by atoms with van der Waals surface area (Å²) in [6, 6.07) is 10.1. The third-order valence-corrected chi connectivity index (χ3v) is 2.47. The van der Waals surface area contributed by atoms with Gasteiger partial charge in [-0.3, -0.25) is 0 Å². The molecule has 0 saturated carbocycles. The van der Waals surface area contributed by atoms with Crippen molar-refractivity contribution in [2.45, 2.75) is 6.92 Å². The molecular formula is C12H9NO. The molecule has 0 amide bonds. The lowest BCUT2D eigenvalue weighted by atomic mass is 10.1. The van der Waals surface area contributed by atoms with Gasteiger partial charge in [-0.1, -0.05) is 18.2 Å². The van der Waals surface area contributed by atoms with Crippen LogP contribution in [0.25, 0.3) is 22.1 Å². The highest BCUT2D eigenvalue weighted by molar-refractivity contribution is 6.04. The molecule has 0 atom stereocenters. The van der Waals surface area contributed by atoms with Gasteiger partial charge in [0.05, 0.1) is 0 Å². The van der Waals surface area contributed by atoms with Gasteiger partial charge in [0.1, 0.15) is 5.58 Å². The molecule has 0 unspecified atom stereocenters. The molecular weight excluding hydrogens is 174 g/mol. The van der Waals surface area contributed by atoms with Gasteiger partial charge >= 0.3 is 0 Å². The maximum Gasteiger partial charge on any atom is 0.227 e. The molecule has 2 heterocycles. The van der Waals surface area contributed by atoms with Crippen molar-refractivity contribution >= 4 is 22.1 Å². The van der Waals surface area contributed by atoms with Crippen molar-refractivity contribution < 1.29 is 4.42 Å². The molecule has 0 aliphatic carbocycles. The molecule has 2 nitrogen and oxygen atoms in total. The number of pyridine rings is 1. The van der Waals surface area contributed by atoms with E-state index in [1.54, 1.807) is 6.20 Å². The van der Waals surface area contributed by atoms with Crippen LogP contribution in [-0.2, 0) is 0 Å². The second-order valence-electron chi connectivity index (χ2n) is 3.41. The Bertz CT molecular complexity index is 610. The van der Waals surface area contributed by atoms with E-state index in [1.165, 1.54) is 0 Å².